The van der Waals surface area contributed by atoms with Crippen LogP contribution in [-0.2, 0) is 0 Å². The third kappa shape index (κ3) is 2.80. The number of rotatable bonds is 3. The normalized spacial score (nSPS) is 12.2. The Morgan fingerprint density at radius 3 is 2.26 bits per heavy atom. The van der Waals surface area contributed by atoms with Gasteiger partial charge in [-0.25, -0.2) is 9.18 Å². The minimum absolute atomic E-state index is 0.214. The SMILES string of the molecule is Cc1cc(C(N)c2ccc(C(=O)O)cc2)ccc1F. The van der Waals surface area contributed by atoms with Gasteiger partial charge in [-0.3, -0.25) is 0 Å². The van der Waals surface area contributed by atoms with Gasteiger partial charge in [0.05, 0.1) is 11.6 Å². The summed E-state index contributed by atoms with van der Waals surface area (Å²) in [5.41, 5.74) is 8.42. The van der Waals surface area contributed by atoms with Gasteiger partial charge in [0.1, 0.15) is 5.82 Å². The van der Waals surface area contributed by atoms with Gasteiger partial charge in [0.25, 0.3) is 0 Å². The number of hydrogen-bond acceptors (Lipinski definition) is 2. The molecule has 2 aromatic rings. The van der Waals surface area contributed by atoms with Gasteiger partial charge in [0, 0.05) is 0 Å². The van der Waals surface area contributed by atoms with Gasteiger partial charge in [0.2, 0.25) is 0 Å². The fourth-order valence-corrected chi connectivity index (χ4v) is 1.89. The molecule has 0 amide bonds. The van der Waals surface area contributed by atoms with Crippen molar-refractivity contribution >= 4 is 5.97 Å². The Labute approximate surface area is 110 Å². The molecule has 0 spiro atoms. The lowest BCUT2D eigenvalue weighted by Gasteiger charge is -2.13. The minimum atomic E-state index is -0.974. The molecule has 19 heavy (non-hydrogen) atoms. The molecule has 0 aromatic heterocycles. The molecule has 0 saturated heterocycles. The topological polar surface area (TPSA) is 63.3 Å². The van der Waals surface area contributed by atoms with Crippen molar-refractivity contribution in [1.82, 2.24) is 0 Å². The van der Waals surface area contributed by atoms with Crippen molar-refractivity contribution < 1.29 is 14.3 Å². The van der Waals surface area contributed by atoms with Crippen molar-refractivity contribution in [2.45, 2.75) is 13.0 Å². The first kappa shape index (κ1) is 13.2. The van der Waals surface area contributed by atoms with E-state index in [2.05, 4.69) is 0 Å². The lowest BCUT2D eigenvalue weighted by Crippen LogP contribution is -2.12. The molecule has 0 aliphatic heterocycles. The summed E-state index contributed by atoms with van der Waals surface area (Å²) in [6, 6.07) is 10.7. The molecule has 0 radical (unpaired) electrons. The van der Waals surface area contributed by atoms with E-state index in [0.29, 0.717) is 5.56 Å². The van der Waals surface area contributed by atoms with Crippen LogP contribution >= 0.6 is 0 Å². The maximum absolute atomic E-state index is 13.2. The van der Waals surface area contributed by atoms with Crippen LogP contribution in [0.1, 0.15) is 33.1 Å². The van der Waals surface area contributed by atoms with Crippen LogP contribution in [0.25, 0.3) is 0 Å². The van der Waals surface area contributed by atoms with Gasteiger partial charge >= 0.3 is 5.97 Å². The molecule has 0 aliphatic rings. The summed E-state index contributed by atoms with van der Waals surface area (Å²) in [5, 5.41) is 8.83. The number of hydrogen-bond donors (Lipinski definition) is 2. The molecule has 0 aliphatic carbocycles. The highest BCUT2D eigenvalue weighted by atomic mass is 19.1. The fraction of sp³-hybridized carbons (Fsp3) is 0.133. The van der Waals surface area contributed by atoms with Gasteiger partial charge in [-0.2, -0.15) is 0 Å². The van der Waals surface area contributed by atoms with Crippen molar-refractivity contribution in [3.8, 4) is 0 Å². The zero-order chi connectivity index (χ0) is 14.0. The summed E-state index contributed by atoms with van der Waals surface area (Å²) in [4.78, 5) is 10.8. The second kappa shape index (κ2) is 5.20. The van der Waals surface area contributed by atoms with Crippen molar-refractivity contribution in [1.29, 1.82) is 0 Å². The highest BCUT2D eigenvalue weighted by molar-refractivity contribution is 5.87. The Morgan fingerprint density at radius 2 is 1.74 bits per heavy atom. The zero-order valence-electron chi connectivity index (χ0n) is 10.4. The number of halogens is 1. The summed E-state index contributed by atoms with van der Waals surface area (Å²) in [7, 11) is 0. The molecule has 1 unspecified atom stereocenters. The first-order valence-electron chi connectivity index (χ1n) is 5.84. The maximum Gasteiger partial charge on any atom is 0.335 e. The molecule has 1 atom stereocenters. The Balaban J connectivity index is 2.30. The molecular weight excluding hydrogens is 245 g/mol. The Hall–Kier alpha value is -2.20. The second-order valence-corrected chi connectivity index (χ2v) is 4.41. The highest BCUT2D eigenvalue weighted by Gasteiger charge is 2.11. The van der Waals surface area contributed by atoms with E-state index >= 15 is 0 Å². The Kier molecular flexibility index (Phi) is 3.62. The smallest absolute Gasteiger partial charge is 0.335 e. The van der Waals surface area contributed by atoms with Crippen molar-refractivity contribution in [3.05, 3.63) is 70.5 Å². The summed E-state index contributed by atoms with van der Waals surface area (Å²) < 4.78 is 13.2. The minimum Gasteiger partial charge on any atom is -0.478 e. The van der Waals surface area contributed by atoms with Crippen molar-refractivity contribution in [3.63, 3.8) is 0 Å². The monoisotopic (exact) mass is 259 g/mol. The quantitative estimate of drug-likeness (QED) is 0.890. The van der Waals surface area contributed by atoms with Gasteiger partial charge in [-0.05, 0) is 41.8 Å². The zero-order valence-corrected chi connectivity index (χ0v) is 10.4. The molecular formula is C15H14FNO2. The van der Waals surface area contributed by atoms with Crippen LogP contribution in [0.5, 0.6) is 0 Å². The average molecular weight is 259 g/mol. The van der Waals surface area contributed by atoms with Crippen molar-refractivity contribution in [2.75, 3.05) is 0 Å². The number of aryl methyl sites for hydroxylation is 1. The van der Waals surface area contributed by atoms with E-state index in [0.717, 1.165) is 11.1 Å². The molecule has 2 aromatic carbocycles. The number of carboxylic acid groups (broad SMARTS) is 1. The van der Waals surface area contributed by atoms with Crippen LogP contribution in [0.3, 0.4) is 0 Å². The number of benzene rings is 2. The molecule has 98 valence electrons. The number of nitrogens with two attached hydrogens (primary N) is 1. The van der Waals surface area contributed by atoms with Crippen LogP contribution in [0.2, 0.25) is 0 Å². The Bertz CT molecular complexity index is 608. The van der Waals surface area contributed by atoms with E-state index in [1.165, 1.54) is 18.2 Å². The maximum atomic E-state index is 13.2. The van der Waals surface area contributed by atoms with Crippen molar-refractivity contribution in [2.24, 2.45) is 5.73 Å². The van der Waals surface area contributed by atoms with E-state index in [1.807, 2.05) is 0 Å². The van der Waals surface area contributed by atoms with E-state index in [-0.39, 0.29) is 11.4 Å². The van der Waals surface area contributed by atoms with Gasteiger partial charge in [0.15, 0.2) is 0 Å². The first-order chi connectivity index (χ1) is 8.99. The summed E-state index contributed by atoms with van der Waals surface area (Å²) in [5.74, 6) is -1.24. The lowest BCUT2D eigenvalue weighted by molar-refractivity contribution is 0.0697. The van der Waals surface area contributed by atoms with Crippen LogP contribution in [0.15, 0.2) is 42.5 Å². The van der Waals surface area contributed by atoms with E-state index in [9.17, 15) is 9.18 Å². The molecule has 2 rings (SSSR count). The van der Waals surface area contributed by atoms with E-state index in [4.69, 9.17) is 10.8 Å². The van der Waals surface area contributed by atoms with Gasteiger partial charge in [-0.15, -0.1) is 0 Å². The second-order valence-electron chi connectivity index (χ2n) is 4.41. The molecule has 0 heterocycles. The largest absolute Gasteiger partial charge is 0.478 e. The summed E-state index contributed by atoms with van der Waals surface area (Å²) in [6.45, 7) is 1.68. The molecule has 3 N–H and O–H groups in total. The van der Waals surface area contributed by atoms with Crippen LogP contribution < -0.4 is 5.73 Å². The van der Waals surface area contributed by atoms with Gasteiger partial charge in [-0.1, -0.05) is 24.3 Å². The number of carbonyl (C=O) groups is 1. The lowest BCUT2D eigenvalue weighted by atomic mass is 9.97. The molecule has 3 nitrogen and oxygen atoms in total. The summed E-state index contributed by atoms with van der Waals surface area (Å²) >= 11 is 0. The molecule has 0 fully saturated rings. The number of aromatic carboxylic acids is 1. The fourth-order valence-electron chi connectivity index (χ4n) is 1.89. The Morgan fingerprint density at radius 1 is 1.16 bits per heavy atom. The highest BCUT2D eigenvalue weighted by Crippen LogP contribution is 2.22. The summed E-state index contributed by atoms with van der Waals surface area (Å²) in [6.07, 6.45) is 0. The molecule has 0 saturated carbocycles. The standard InChI is InChI=1S/C15H14FNO2/c1-9-8-12(6-7-13(9)16)14(17)10-2-4-11(5-3-10)15(18)19/h2-8,14H,17H2,1H3,(H,18,19). The van der Waals surface area contributed by atoms with E-state index in [1.54, 1.807) is 31.2 Å². The average Bonchev–Trinajstić information content (AvgIpc) is 2.41. The number of carboxylic acids is 1. The predicted molar refractivity (Wildman–Crippen MR) is 70.6 cm³/mol. The van der Waals surface area contributed by atoms with Crippen LogP contribution in [0, 0.1) is 12.7 Å². The van der Waals surface area contributed by atoms with E-state index < -0.39 is 12.0 Å². The molecule has 4 heteroatoms. The predicted octanol–water partition coefficient (Wildman–Crippen LogP) is 2.88. The third-order valence-electron chi connectivity index (χ3n) is 3.06. The van der Waals surface area contributed by atoms with Crippen LogP contribution in [0.4, 0.5) is 4.39 Å². The van der Waals surface area contributed by atoms with Crippen LogP contribution in [-0.4, -0.2) is 11.1 Å². The van der Waals surface area contributed by atoms with Gasteiger partial charge < -0.3 is 10.8 Å². The third-order valence-corrected chi connectivity index (χ3v) is 3.06. The first-order valence-corrected chi connectivity index (χ1v) is 5.84. The molecule has 0 bridgehead atoms.